The number of ether oxygens (including phenoxy) is 1. The van der Waals surface area contributed by atoms with Gasteiger partial charge >= 0.3 is 11.9 Å². The SMILES string of the molecule is CC(=O)OC1C(NC(=O)C(C)=C(C)C)C(=O)N1CC(=O)O. The number of rotatable bonds is 5. The van der Waals surface area contributed by atoms with Gasteiger partial charge in [-0.2, -0.15) is 0 Å². The molecule has 1 fully saturated rings. The molecule has 0 saturated carbocycles. The summed E-state index contributed by atoms with van der Waals surface area (Å²) in [7, 11) is 0. The summed E-state index contributed by atoms with van der Waals surface area (Å²) in [5, 5.41) is 11.2. The van der Waals surface area contributed by atoms with Crippen molar-refractivity contribution in [2.45, 2.75) is 40.0 Å². The molecule has 0 aliphatic carbocycles. The number of hydrogen-bond donors (Lipinski definition) is 2. The largest absolute Gasteiger partial charge is 0.480 e. The van der Waals surface area contributed by atoms with Gasteiger partial charge in [0.25, 0.3) is 5.91 Å². The Labute approximate surface area is 121 Å². The van der Waals surface area contributed by atoms with Crippen molar-refractivity contribution in [3.8, 4) is 0 Å². The van der Waals surface area contributed by atoms with Crippen LogP contribution in [0.3, 0.4) is 0 Å². The Bertz CT molecular complexity index is 521. The van der Waals surface area contributed by atoms with Crippen LogP contribution < -0.4 is 5.32 Å². The second kappa shape index (κ2) is 6.38. The Morgan fingerprint density at radius 1 is 1.24 bits per heavy atom. The standard InChI is InChI=1S/C13H18N2O6/c1-6(2)7(3)11(19)14-10-12(20)15(5-9(17)18)13(10)21-8(4)16/h10,13H,5H2,1-4H3,(H,14,19)(H,17,18). The molecular weight excluding hydrogens is 280 g/mol. The van der Waals surface area contributed by atoms with Gasteiger partial charge in [0, 0.05) is 12.5 Å². The molecule has 1 saturated heterocycles. The van der Waals surface area contributed by atoms with Crippen molar-refractivity contribution in [3.63, 3.8) is 0 Å². The van der Waals surface area contributed by atoms with E-state index < -0.39 is 42.6 Å². The molecule has 1 rings (SSSR count). The van der Waals surface area contributed by atoms with E-state index in [-0.39, 0.29) is 0 Å². The van der Waals surface area contributed by atoms with E-state index in [4.69, 9.17) is 9.84 Å². The van der Waals surface area contributed by atoms with Gasteiger partial charge in [0.1, 0.15) is 6.54 Å². The molecule has 2 atom stereocenters. The highest BCUT2D eigenvalue weighted by Crippen LogP contribution is 2.22. The first-order valence-corrected chi connectivity index (χ1v) is 6.29. The highest BCUT2D eigenvalue weighted by Gasteiger charge is 2.51. The average molecular weight is 298 g/mol. The topological polar surface area (TPSA) is 113 Å². The van der Waals surface area contributed by atoms with Crippen molar-refractivity contribution in [1.29, 1.82) is 0 Å². The molecule has 2 amide bonds. The lowest BCUT2D eigenvalue weighted by molar-refractivity contribution is -0.193. The average Bonchev–Trinajstić information content (AvgIpc) is 2.38. The number of amides is 2. The Hall–Kier alpha value is -2.38. The van der Waals surface area contributed by atoms with E-state index in [1.807, 2.05) is 0 Å². The van der Waals surface area contributed by atoms with E-state index >= 15 is 0 Å². The lowest BCUT2D eigenvalue weighted by Crippen LogP contribution is -2.72. The van der Waals surface area contributed by atoms with Crippen LogP contribution >= 0.6 is 0 Å². The van der Waals surface area contributed by atoms with E-state index in [1.165, 1.54) is 0 Å². The van der Waals surface area contributed by atoms with Gasteiger partial charge in [-0.25, -0.2) is 0 Å². The third kappa shape index (κ3) is 3.80. The second-order valence-electron chi connectivity index (χ2n) is 4.94. The van der Waals surface area contributed by atoms with Gasteiger partial charge in [-0.05, 0) is 20.8 Å². The van der Waals surface area contributed by atoms with Crippen molar-refractivity contribution < 1.29 is 29.0 Å². The lowest BCUT2D eigenvalue weighted by atomic mass is 10.0. The summed E-state index contributed by atoms with van der Waals surface area (Å²) in [5.41, 5.74) is 1.23. The Balaban J connectivity index is 2.83. The maximum Gasteiger partial charge on any atom is 0.323 e. The number of esters is 1. The fourth-order valence-corrected chi connectivity index (χ4v) is 1.75. The molecule has 2 N–H and O–H groups in total. The van der Waals surface area contributed by atoms with Crippen molar-refractivity contribution in [2.75, 3.05) is 6.54 Å². The Morgan fingerprint density at radius 2 is 1.81 bits per heavy atom. The number of carbonyl (C=O) groups excluding carboxylic acids is 3. The fraction of sp³-hybridized carbons (Fsp3) is 0.538. The van der Waals surface area contributed by atoms with Gasteiger partial charge in [0.2, 0.25) is 12.1 Å². The molecule has 0 aromatic heterocycles. The number of carbonyl (C=O) groups is 4. The molecule has 1 heterocycles. The zero-order valence-electron chi connectivity index (χ0n) is 12.3. The van der Waals surface area contributed by atoms with Crippen molar-refractivity contribution in [3.05, 3.63) is 11.1 Å². The van der Waals surface area contributed by atoms with Crippen LogP contribution in [0.25, 0.3) is 0 Å². The van der Waals surface area contributed by atoms with E-state index in [2.05, 4.69) is 5.32 Å². The highest BCUT2D eigenvalue weighted by atomic mass is 16.6. The van der Waals surface area contributed by atoms with E-state index in [0.717, 1.165) is 17.4 Å². The van der Waals surface area contributed by atoms with Crippen LogP contribution in [-0.4, -0.2) is 52.6 Å². The molecule has 1 aliphatic rings. The van der Waals surface area contributed by atoms with Crippen LogP contribution in [0.1, 0.15) is 27.7 Å². The first-order chi connectivity index (χ1) is 9.65. The fourth-order valence-electron chi connectivity index (χ4n) is 1.75. The predicted molar refractivity (Wildman–Crippen MR) is 70.9 cm³/mol. The second-order valence-corrected chi connectivity index (χ2v) is 4.94. The van der Waals surface area contributed by atoms with Gasteiger partial charge < -0.3 is 15.2 Å². The van der Waals surface area contributed by atoms with Gasteiger partial charge in [0.05, 0.1) is 0 Å². The minimum Gasteiger partial charge on any atom is -0.480 e. The van der Waals surface area contributed by atoms with Crippen LogP contribution in [0.5, 0.6) is 0 Å². The number of carboxylic acid groups (broad SMARTS) is 1. The number of hydrogen-bond acceptors (Lipinski definition) is 5. The maximum absolute atomic E-state index is 11.9. The summed E-state index contributed by atoms with van der Waals surface area (Å²) in [4.78, 5) is 46.3. The summed E-state index contributed by atoms with van der Waals surface area (Å²) in [6, 6.07) is -1.06. The van der Waals surface area contributed by atoms with E-state index in [0.29, 0.717) is 5.57 Å². The predicted octanol–water partition coefficient (Wildman–Crippen LogP) is -0.356. The van der Waals surface area contributed by atoms with Gasteiger partial charge in [-0.1, -0.05) is 5.57 Å². The molecule has 1 aliphatic heterocycles. The summed E-state index contributed by atoms with van der Waals surface area (Å²) >= 11 is 0. The number of carboxylic acids is 1. The number of allylic oxidation sites excluding steroid dienone is 1. The number of likely N-dealkylation sites (tertiary alicyclic amines) is 1. The molecule has 8 nitrogen and oxygen atoms in total. The minimum atomic E-state index is -1.23. The summed E-state index contributed by atoms with van der Waals surface area (Å²) in [6.45, 7) is 5.64. The molecule has 0 aromatic carbocycles. The number of β-lactam (4-membered cyclic amide) rings is 1. The first kappa shape index (κ1) is 16.7. The van der Waals surface area contributed by atoms with E-state index in [1.54, 1.807) is 20.8 Å². The smallest absolute Gasteiger partial charge is 0.323 e. The monoisotopic (exact) mass is 298 g/mol. The van der Waals surface area contributed by atoms with Crippen LogP contribution in [-0.2, 0) is 23.9 Å². The Morgan fingerprint density at radius 3 is 2.24 bits per heavy atom. The number of aliphatic carboxylic acids is 1. The summed E-state index contributed by atoms with van der Waals surface area (Å²) in [5.74, 6) is -2.95. The summed E-state index contributed by atoms with van der Waals surface area (Å²) < 4.78 is 4.90. The van der Waals surface area contributed by atoms with Crippen molar-refractivity contribution in [2.24, 2.45) is 0 Å². The minimum absolute atomic E-state index is 0.445. The molecule has 116 valence electrons. The highest BCUT2D eigenvalue weighted by molar-refractivity contribution is 6.00. The van der Waals surface area contributed by atoms with Crippen LogP contribution in [0.15, 0.2) is 11.1 Å². The van der Waals surface area contributed by atoms with Crippen LogP contribution in [0.4, 0.5) is 0 Å². The molecular formula is C13H18N2O6. The molecule has 8 heteroatoms. The third-order valence-corrected chi connectivity index (χ3v) is 3.11. The van der Waals surface area contributed by atoms with E-state index in [9.17, 15) is 19.2 Å². The lowest BCUT2D eigenvalue weighted by Gasteiger charge is -2.44. The maximum atomic E-state index is 11.9. The quantitative estimate of drug-likeness (QED) is 0.407. The molecule has 2 unspecified atom stereocenters. The molecule has 0 spiro atoms. The molecule has 0 radical (unpaired) electrons. The van der Waals surface area contributed by atoms with Crippen LogP contribution in [0.2, 0.25) is 0 Å². The van der Waals surface area contributed by atoms with Gasteiger partial charge in [-0.15, -0.1) is 0 Å². The van der Waals surface area contributed by atoms with Crippen molar-refractivity contribution in [1.82, 2.24) is 10.2 Å². The van der Waals surface area contributed by atoms with Gasteiger partial charge in [-0.3, -0.25) is 24.1 Å². The zero-order chi connectivity index (χ0) is 16.3. The van der Waals surface area contributed by atoms with Crippen LogP contribution in [0, 0.1) is 0 Å². The van der Waals surface area contributed by atoms with Gasteiger partial charge in [0.15, 0.2) is 6.04 Å². The molecule has 0 aromatic rings. The first-order valence-electron chi connectivity index (χ1n) is 6.29. The summed E-state index contributed by atoms with van der Waals surface area (Å²) in [6.07, 6.45) is -1.10. The number of nitrogens with zero attached hydrogens (tertiary/aromatic N) is 1. The Kier molecular flexibility index (Phi) is 5.07. The number of nitrogens with one attached hydrogen (secondary N) is 1. The van der Waals surface area contributed by atoms with Crippen molar-refractivity contribution >= 4 is 23.8 Å². The zero-order valence-corrected chi connectivity index (χ0v) is 12.3. The molecule has 0 bridgehead atoms. The third-order valence-electron chi connectivity index (χ3n) is 3.11. The normalized spacial score (nSPS) is 20.4. The molecule has 21 heavy (non-hydrogen) atoms.